The summed E-state index contributed by atoms with van der Waals surface area (Å²) < 4.78 is 12.6. The molecule has 0 atom stereocenters. The van der Waals surface area contributed by atoms with Crippen molar-refractivity contribution in [2.45, 2.75) is 13.1 Å². The van der Waals surface area contributed by atoms with Crippen LogP contribution in [0.3, 0.4) is 0 Å². The first kappa shape index (κ1) is 22.2. The number of nitrogens with one attached hydrogen (secondary N) is 1. The third-order valence-electron chi connectivity index (χ3n) is 5.63. The van der Waals surface area contributed by atoms with Crippen LogP contribution in [0.2, 0.25) is 0 Å². The van der Waals surface area contributed by atoms with E-state index >= 15 is 0 Å². The van der Waals surface area contributed by atoms with Gasteiger partial charge in [-0.25, -0.2) is 4.79 Å². The summed E-state index contributed by atoms with van der Waals surface area (Å²) in [6.07, 6.45) is 3.71. The van der Waals surface area contributed by atoms with E-state index in [1.54, 1.807) is 30.5 Å². The number of amides is 1. The highest BCUT2D eigenvalue weighted by Gasteiger charge is 2.09. The second-order valence-electron chi connectivity index (χ2n) is 8.08. The SMILES string of the molecule is O=C(COc1ccc2ccc(=O)oc2c1)NCc1ccccc1-c1ccc(Cn2cccn2)cc1. The van der Waals surface area contributed by atoms with Crippen LogP contribution in [-0.2, 0) is 17.9 Å². The lowest BCUT2D eigenvalue weighted by molar-refractivity contribution is -0.123. The van der Waals surface area contributed by atoms with Crippen molar-refractivity contribution in [3.63, 3.8) is 0 Å². The van der Waals surface area contributed by atoms with Gasteiger partial charge < -0.3 is 14.5 Å². The average Bonchev–Trinajstić information content (AvgIpc) is 3.40. The molecule has 2 heterocycles. The van der Waals surface area contributed by atoms with Crippen molar-refractivity contribution in [3.05, 3.63) is 119 Å². The van der Waals surface area contributed by atoms with Crippen LogP contribution in [0.4, 0.5) is 0 Å². The Labute approximate surface area is 201 Å². The van der Waals surface area contributed by atoms with Crippen molar-refractivity contribution in [2.24, 2.45) is 0 Å². The number of benzene rings is 3. The van der Waals surface area contributed by atoms with Crippen LogP contribution in [0.1, 0.15) is 11.1 Å². The number of carbonyl (C=O) groups is 1. The van der Waals surface area contributed by atoms with E-state index < -0.39 is 5.63 Å². The van der Waals surface area contributed by atoms with Crippen LogP contribution in [0.25, 0.3) is 22.1 Å². The molecule has 3 aromatic carbocycles. The number of aromatic nitrogens is 2. The average molecular weight is 466 g/mol. The molecule has 0 unspecified atom stereocenters. The minimum absolute atomic E-state index is 0.146. The van der Waals surface area contributed by atoms with Gasteiger partial charge in [-0.05, 0) is 46.5 Å². The molecule has 0 aliphatic carbocycles. The third kappa shape index (κ3) is 5.47. The molecule has 0 saturated heterocycles. The fourth-order valence-corrected chi connectivity index (χ4v) is 3.85. The van der Waals surface area contributed by atoms with E-state index in [1.807, 2.05) is 41.2 Å². The normalized spacial score (nSPS) is 10.9. The van der Waals surface area contributed by atoms with Gasteiger partial charge in [-0.1, -0.05) is 48.5 Å². The summed E-state index contributed by atoms with van der Waals surface area (Å²) >= 11 is 0. The van der Waals surface area contributed by atoms with Crippen molar-refractivity contribution in [3.8, 4) is 16.9 Å². The molecule has 0 spiro atoms. The molecular formula is C28H23N3O4. The molecule has 0 aliphatic heterocycles. The molecule has 0 saturated carbocycles. The molecule has 0 fully saturated rings. The summed E-state index contributed by atoms with van der Waals surface area (Å²) in [5.74, 6) is 0.210. The van der Waals surface area contributed by atoms with Crippen LogP contribution < -0.4 is 15.7 Å². The van der Waals surface area contributed by atoms with E-state index in [0.717, 1.165) is 27.6 Å². The number of hydrogen-bond acceptors (Lipinski definition) is 5. The second-order valence-corrected chi connectivity index (χ2v) is 8.08. The van der Waals surface area contributed by atoms with Crippen molar-refractivity contribution in [2.75, 3.05) is 6.61 Å². The lowest BCUT2D eigenvalue weighted by Crippen LogP contribution is -2.28. The molecule has 7 heteroatoms. The molecule has 5 aromatic rings. The van der Waals surface area contributed by atoms with Gasteiger partial charge in [-0.2, -0.15) is 5.10 Å². The number of fused-ring (bicyclic) bond motifs is 1. The van der Waals surface area contributed by atoms with Gasteiger partial charge in [0.25, 0.3) is 5.91 Å². The Hall–Kier alpha value is -4.65. The van der Waals surface area contributed by atoms with Crippen LogP contribution in [0.15, 0.2) is 107 Å². The van der Waals surface area contributed by atoms with Gasteiger partial charge in [-0.15, -0.1) is 0 Å². The summed E-state index contributed by atoms with van der Waals surface area (Å²) in [7, 11) is 0. The Kier molecular flexibility index (Phi) is 6.39. The van der Waals surface area contributed by atoms with E-state index in [2.05, 4.69) is 34.7 Å². The molecule has 174 valence electrons. The van der Waals surface area contributed by atoms with Crippen LogP contribution in [0, 0.1) is 0 Å². The van der Waals surface area contributed by atoms with Gasteiger partial charge in [0.2, 0.25) is 0 Å². The first-order valence-corrected chi connectivity index (χ1v) is 11.2. The molecule has 5 rings (SSSR count). The highest BCUT2D eigenvalue weighted by molar-refractivity contribution is 5.79. The lowest BCUT2D eigenvalue weighted by atomic mass is 9.98. The number of ether oxygens (including phenoxy) is 1. The topological polar surface area (TPSA) is 86.4 Å². The monoisotopic (exact) mass is 465 g/mol. The van der Waals surface area contributed by atoms with Crippen LogP contribution in [-0.4, -0.2) is 22.3 Å². The van der Waals surface area contributed by atoms with E-state index in [-0.39, 0.29) is 12.5 Å². The molecule has 35 heavy (non-hydrogen) atoms. The van der Waals surface area contributed by atoms with Crippen LogP contribution in [0.5, 0.6) is 5.75 Å². The summed E-state index contributed by atoms with van der Waals surface area (Å²) in [5.41, 5.74) is 4.29. The van der Waals surface area contributed by atoms with Crippen molar-refractivity contribution < 1.29 is 13.9 Å². The zero-order valence-corrected chi connectivity index (χ0v) is 18.9. The number of carbonyl (C=O) groups excluding carboxylic acids is 1. The Bertz CT molecular complexity index is 1510. The minimum Gasteiger partial charge on any atom is -0.484 e. The van der Waals surface area contributed by atoms with Gasteiger partial charge in [0.1, 0.15) is 11.3 Å². The molecule has 0 aliphatic rings. The number of rotatable bonds is 8. The lowest BCUT2D eigenvalue weighted by Gasteiger charge is -2.12. The summed E-state index contributed by atoms with van der Waals surface area (Å²) in [4.78, 5) is 23.8. The van der Waals surface area contributed by atoms with E-state index in [1.165, 1.54) is 6.07 Å². The summed E-state index contributed by atoms with van der Waals surface area (Å²) in [6.45, 7) is 0.946. The predicted octanol–water partition coefficient (Wildman–Crippen LogP) is 4.40. The van der Waals surface area contributed by atoms with Crippen molar-refractivity contribution in [1.82, 2.24) is 15.1 Å². The molecule has 0 bridgehead atoms. The molecule has 2 aromatic heterocycles. The first-order chi connectivity index (χ1) is 17.1. The summed E-state index contributed by atoms with van der Waals surface area (Å²) in [5, 5.41) is 7.95. The summed E-state index contributed by atoms with van der Waals surface area (Å²) in [6, 6.07) is 26.4. The molecule has 7 nitrogen and oxygen atoms in total. The Morgan fingerprint density at radius 1 is 0.971 bits per heavy atom. The zero-order chi connectivity index (χ0) is 24.0. The molecule has 1 N–H and O–H groups in total. The van der Waals surface area contributed by atoms with Gasteiger partial charge in [0.05, 0.1) is 6.54 Å². The highest BCUT2D eigenvalue weighted by Crippen LogP contribution is 2.24. The Balaban J connectivity index is 1.20. The maximum atomic E-state index is 12.4. The minimum atomic E-state index is -0.432. The standard InChI is InChI=1S/C28H23N3O4/c32-27(19-34-24-12-10-22-11-13-28(33)35-26(22)16-24)29-17-23-4-1-2-5-25(23)21-8-6-20(7-9-21)18-31-15-3-14-30-31/h1-16H,17-19H2,(H,29,32). The first-order valence-electron chi connectivity index (χ1n) is 11.2. The van der Waals surface area contributed by atoms with Crippen molar-refractivity contribution in [1.29, 1.82) is 0 Å². The van der Waals surface area contributed by atoms with Gasteiger partial charge in [0.15, 0.2) is 6.61 Å². The van der Waals surface area contributed by atoms with E-state index in [4.69, 9.17) is 9.15 Å². The predicted molar refractivity (Wildman–Crippen MR) is 133 cm³/mol. The molecule has 1 amide bonds. The fraction of sp³-hybridized carbons (Fsp3) is 0.107. The Morgan fingerprint density at radius 3 is 2.63 bits per heavy atom. The number of nitrogens with zero attached hydrogens (tertiary/aromatic N) is 2. The molecule has 0 radical (unpaired) electrons. The highest BCUT2D eigenvalue weighted by atomic mass is 16.5. The maximum Gasteiger partial charge on any atom is 0.336 e. The smallest absolute Gasteiger partial charge is 0.336 e. The Morgan fingerprint density at radius 2 is 1.80 bits per heavy atom. The van der Waals surface area contributed by atoms with E-state index in [0.29, 0.717) is 24.4 Å². The quantitative estimate of drug-likeness (QED) is 0.343. The molecular weight excluding hydrogens is 442 g/mol. The van der Waals surface area contributed by atoms with Crippen molar-refractivity contribution >= 4 is 16.9 Å². The van der Waals surface area contributed by atoms with Gasteiger partial charge in [-0.3, -0.25) is 9.48 Å². The third-order valence-corrected chi connectivity index (χ3v) is 5.63. The largest absolute Gasteiger partial charge is 0.484 e. The maximum absolute atomic E-state index is 12.4. The second kappa shape index (κ2) is 10.1. The fourth-order valence-electron chi connectivity index (χ4n) is 3.85. The zero-order valence-electron chi connectivity index (χ0n) is 18.9. The van der Waals surface area contributed by atoms with E-state index in [9.17, 15) is 9.59 Å². The van der Waals surface area contributed by atoms with Gasteiger partial charge in [0, 0.05) is 36.5 Å². The number of hydrogen-bond donors (Lipinski definition) is 1. The van der Waals surface area contributed by atoms with Gasteiger partial charge >= 0.3 is 5.63 Å². The van der Waals surface area contributed by atoms with Crippen LogP contribution >= 0.6 is 0 Å².